The third kappa shape index (κ3) is 5.64. The second kappa shape index (κ2) is 9.82. The molecule has 1 saturated heterocycles. The minimum Gasteiger partial charge on any atom is -0.497 e. The van der Waals surface area contributed by atoms with Gasteiger partial charge in [-0.15, -0.1) is 0 Å². The van der Waals surface area contributed by atoms with Crippen LogP contribution >= 0.6 is 0 Å². The SMILES string of the molecule is COc1ccc(S(=O)(=O)N2CCO[C@@H]2CNC(=O)C(=O)NCCN(C)C)cc1. The van der Waals surface area contributed by atoms with Gasteiger partial charge in [0.25, 0.3) is 0 Å². The van der Waals surface area contributed by atoms with Crippen LogP contribution in [0.25, 0.3) is 0 Å². The van der Waals surface area contributed by atoms with E-state index in [1.165, 1.54) is 23.5 Å². The molecule has 11 heteroatoms. The van der Waals surface area contributed by atoms with Crippen molar-refractivity contribution < 1.29 is 27.5 Å². The number of hydrogen-bond donors (Lipinski definition) is 2. The summed E-state index contributed by atoms with van der Waals surface area (Å²) in [6, 6.07) is 6.00. The van der Waals surface area contributed by atoms with Crippen molar-refractivity contribution >= 4 is 21.8 Å². The minimum atomic E-state index is -3.81. The van der Waals surface area contributed by atoms with E-state index in [0.29, 0.717) is 18.8 Å². The molecule has 0 aliphatic carbocycles. The van der Waals surface area contributed by atoms with Gasteiger partial charge in [-0.25, -0.2) is 8.42 Å². The number of sulfonamides is 1. The maximum Gasteiger partial charge on any atom is 0.309 e. The second-order valence-corrected chi connectivity index (χ2v) is 8.28. The monoisotopic (exact) mass is 414 g/mol. The van der Waals surface area contributed by atoms with Gasteiger partial charge in [0, 0.05) is 19.6 Å². The van der Waals surface area contributed by atoms with Crippen LogP contribution in [0.1, 0.15) is 0 Å². The average Bonchev–Trinajstić information content (AvgIpc) is 3.15. The molecule has 10 nitrogen and oxygen atoms in total. The molecule has 1 atom stereocenters. The largest absolute Gasteiger partial charge is 0.497 e. The summed E-state index contributed by atoms with van der Waals surface area (Å²) in [4.78, 5) is 25.6. The van der Waals surface area contributed by atoms with Gasteiger partial charge < -0.3 is 25.0 Å². The number of rotatable bonds is 8. The molecule has 1 heterocycles. The number of hydrogen-bond acceptors (Lipinski definition) is 7. The number of nitrogens with zero attached hydrogens (tertiary/aromatic N) is 2. The molecular formula is C17H26N4O6S. The van der Waals surface area contributed by atoms with E-state index in [1.807, 2.05) is 19.0 Å². The molecule has 0 aromatic heterocycles. The zero-order valence-corrected chi connectivity index (χ0v) is 17.0. The Morgan fingerprint density at radius 1 is 1.21 bits per heavy atom. The molecule has 156 valence electrons. The Labute approximate surface area is 164 Å². The highest BCUT2D eigenvalue weighted by Gasteiger charge is 2.36. The van der Waals surface area contributed by atoms with E-state index in [2.05, 4.69) is 10.6 Å². The molecule has 1 aromatic rings. The molecule has 2 amide bonds. The fraction of sp³-hybridized carbons (Fsp3) is 0.529. The van der Waals surface area contributed by atoms with E-state index >= 15 is 0 Å². The number of amides is 2. The lowest BCUT2D eigenvalue weighted by atomic mass is 10.3. The summed E-state index contributed by atoms with van der Waals surface area (Å²) in [7, 11) is 1.38. The van der Waals surface area contributed by atoms with Gasteiger partial charge in [-0.3, -0.25) is 9.59 Å². The number of ether oxygens (including phenoxy) is 2. The van der Waals surface area contributed by atoms with Crippen LogP contribution in [-0.2, 0) is 24.3 Å². The molecule has 2 N–H and O–H groups in total. The molecule has 0 radical (unpaired) electrons. The van der Waals surface area contributed by atoms with Gasteiger partial charge in [-0.05, 0) is 38.4 Å². The van der Waals surface area contributed by atoms with E-state index < -0.39 is 28.1 Å². The van der Waals surface area contributed by atoms with Crippen LogP contribution < -0.4 is 15.4 Å². The Hall–Kier alpha value is -2.21. The standard InChI is InChI=1S/C17H26N4O6S/c1-20(2)9-8-18-16(22)17(23)19-12-15-21(10-11-27-15)28(24,25)14-6-4-13(26-3)5-7-14/h4-7,15H,8-12H2,1-3H3,(H,18,22)(H,19,23)/t15-/m1/s1. The summed E-state index contributed by atoms with van der Waals surface area (Å²) in [6.07, 6.45) is -0.884. The molecule has 0 saturated carbocycles. The van der Waals surface area contributed by atoms with Gasteiger partial charge in [0.2, 0.25) is 10.0 Å². The fourth-order valence-corrected chi connectivity index (χ4v) is 4.07. The van der Waals surface area contributed by atoms with Gasteiger partial charge in [0.05, 0.1) is 25.2 Å². The summed E-state index contributed by atoms with van der Waals surface area (Å²) in [5.74, 6) is -1.07. The predicted octanol–water partition coefficient (Wildman–Crippen LogP) is -1.16. The first-order valence-corrected chi connectivity index (χ1v) is 10.2. The summed E-state index contributed by atoms with van der Waals surface area (Å²) in [6.45, 7) is 1.15. The Kier molecular flexibility index (Phi) is 7.75. The first-order valence-electron chi connectivity index (χ1n) is 8.74. The van der Waals surface area contributed by atoms with Gasteiger partial charge >= 0.3 is 11.8 Å². The Morgan fingerprint density at radius 2 is 1.86 bits per heavy atom. The van der Waals surface area contributed by atoms with E-state index in [9.17, 15) is 18.0 Å². The lowest BCUT2D eigenvalue weighted by Gasteiger charge is -2.23. The quantitative estimate of drug-likeness (QED) is 0.515. The van der Waals surface area contributed by atoms with Crippen LogP contribution in [0.3, 0.4) is 0 Å². The highest BCUT2D eigenvalue weighted by Crippen LogP contribution is 2.23. The number of carbonyl (C=O) groups is 2. The van der Waals surface area contributed by atoms with Crippen molar-refractivity contribution in [2.45, 2.75) is 11.1 Å². The normalized spacial score (nSPS) is 17.5. The van der Waals surface area contributed by atoms with Crippen LogP contribution in [0.4, 0.5) is 0 Å². The van der Waals surface area contributed by atoms with Crippen molar-refractivity contribution in [1.29, 1.82) is 0 Å². The number of nitrogens with one attached hydrogen (secondary N) is 2. The van der Waals surface area contributed by atoms with Gasteiger partial charge in [0.15, 0.2) is 0 Å². The molecule has 0 spiro atoms. The van der Waals surface area contributed by atoms with Crippen molar-refractivity contribution in [3.8, 4) is 5.75 Å². The molecule has 28 heavy (non-hydrogen) atoms. The summed E-state index contributed by atoms with van der Waals surface area (Å²) in [5, 5.41) is 4.91. The second-order valence-electron chi connectivity index (χ2n) is 6.39. The molecule has 1 aliphatic rings. The van der Waals surface area contributed by atoms with Crippen molar-refractivity contribution in [2.24, 2.45) is 0 Å². The molecule has 1 fully saturated rings. The number of likely N-dealkylation sites (N-methyl/N-ethyl adjacent to an activating group) is 1. The van der Waals surface area contributed by atoms with E-state index in [0.717, 1.165) is 0 Å². The zero-order chi connectivity index (χ0) is 20.7. The highest BCUT2D eigenvalue weighted by molar-refractivity contribution is 7.89. The lowest BCUT2D eigenvalue weighted by molar-refractivity contribution is -0.139. The van der Waals surface area contributed by atoms with Crippen molar-refractivity contribution in [3.05, 3.63) is 24.3 Å². The predicted molar refractivity (Wildman–Crippen MR) is 101 cm³/mol. The highest BCUT2D eigenvalue weighted by atomic mass is 32.2. The number of methoxy groups -OCH3 is 1. The lowest BCUT2D eigenvalue weighted by Crippen LogP contribution is -2.48. The Balaban J connectivity index is 1.94. The van der Waals surface area contributed by atoms with E-state index in [4.69, 9.17) is 9.47 Å². The van der Waals surface area contributed by atoms with E-state index in [-0.39, 0.29) is 24.6 Å². The van der Waals surface area contributed by atoms with Crippen LogP contribution in [0.5, 0.6) is 5.75 Å². The van der Waals surface area contributed by atoms with Crippen LogP contribution in [0.2, 0.25) is 0 Å². The van der Waals surface area contributed by atoms with Gasteiger partial charge in [-0.2, -0.15) is 4.31 Å². The minimum absolute atomic E-state index is 0.0940. The Bertz CT molecular complexity index is 781. The maximum absolute atomic E-state index is 12.8. The summed E-state index contributed by atoms with van der Waals surface area (Å²) >= 11 is 0. The molecule has 2 rings (SSSR count). The van der Waals surface area contributed by atoms with E-state index in [1.54, 1.807) is 12.1 Å². The average molecular weight is 414 g/mol. The number of benzene rings is 1. The van der Waals surface area contributed by atoms with Crippen molar-refractivity contribution in [3.63, 3.8) is 0 Å². The van der Waals surface area contributed by atoms with Crippen LogP contribution in [0.15, 0.2) is 29.2 Å². The smallest absolute Gasteiger partial charge is 0.309 e. The first-order chi connectivity index (χ1) is 13.3. The van der Waals surface area contributed by atoms with Gasteiger partial charge in [0.1, 0.15) is 12.0 Å². The molecule has 1 aliphatic heterocycles. The van der Waals surface area contributed by atoms with Crippen molar-refractivity contribution in [2.75, 3.05) is 54.0 Å². The topological polar surface area (TPSA) is 117 Å². The molecule has 0 unspecified atom stereocenters. The van der Waals surface area contributed by atoms with Crippen LogP contribution in [0, 0.1) is 0 Å². The third-order valence-electron chi connectivity index (χ3n) is 4.10. The van der Waals surface area contributed by atoms with Crippen molar-refractivity contribution in [1.82, 2.24) is 19.8 Å². The first kappa shape index (κ1) is 22.1. The number of carbonyl (C=O) groups excluding carboxylic acids is 2. The molecule has 1 aromatic carbocycles. The fourth-order valence-electron chi connectivity index (χ4n) is 2.56. The molecular weight excluding hydrogens is 388 g/mol. The zero-order valence-electron chi connectivity index (χ0n) is 16.2. The Morgan fingerprint density at radius 3 is 2.46 bits per heavy atom. The van der Waals surface area contributed by atoms with Crippen LogP contribution in [-0.4, -0.2) is 89.7 Å². The van der Waals surface area contributed by atoms with Gasteiger partial charge in [-0.1, -0.05) is 0 Å². The summed E-state index contributed by atoms with van der Waals surface area (Å²) in [5.41, 5.74) is 0. The molecule has 0 bridgehead atoms. The summed E-state index contributed by atoms with van der Waals surface area (Å²) < 4.78 is 37.3. The third-order valence-corrected chi connectivity index (χ3v) is 6.00. The maximum atomic E-state index is 12.8.